The van der Waals surface area contributed by atoms with Crippen LogP contribution in [0.4, 0.5) is 0 Å². The van der Waals surface area contributed by atoms with Gasteiger partial charge in [0.1, 0.15) is 0 Å². The van der Waals surface area contributed by atoms with Crippen LogP contribution in [0.5, 0.6) is 0 Å². The van der Waals surface area contributed by atoms with Crippen molar-refractivity contribution in [1.82, 2.24) is 4.57 Å². The van der Waals surface area contributed by atoms with E-state index in [2.05, 4.69) is 0 Å². The average molecular weight is 334 g/mol. The van der Waals surface area contributed by atoms with Gasteiger partial charge in [0.15, 0.2) is 0 Å². The van der Waals surface area contributed by atoms with Crippen LogP contribution >= 0.6 is 0 Å². The van der Waals surface area contributed by atoms with Crippen molar-refractivity contribution in [1.29, 1.82) is 0 Å². The van der Waals surface area contributed by atoms with Crippen molar-refractivity contribution in [3.05, 3.63) is 11.6 Å². The number of carbonyl (C=O) groups excluding carboxylic acids is 2. The van der Waals surface area contributed by atoms with Gasteiger partial charge in [0.2, 0.25) is 0 Å². The smallest absolute Gasteiger partial charge is 0.356 e. The van der Waals surface area contributed by atoms with Crippen LogP contribution in [0.25, 0.3) is 0 Å². The summed E-state index contributed by atoms with van der Waals surface area (Å²) in [4.78, 5) is 24.6. The molecule has 0 aromatic heterocycles. The highest BCUT2D eigenvalue weighted by Crippen LogP contribution is 2.26. The molecule has 0 aliphatic carbocycles. The standard InChI is InChI=1S/C13H23NO5Si.H4Si/c1-5-9-11-10-12(15)14(13(11)16)20(17-6-2,18-7-3)19-8-4;/h10H,5-9H2,1-4H3;1H4. The Morgan fingerprint density at radius 1 is 1.00 bits per heavy atom. The van der Waals surface area contributed by atoms with E-state index in [4.69, 9.17) is 13.3 Å². The number of hydrogen-bond donors (Lipinski definition) is 0. The molecule has 0 aromatic rings. The molecular weight excluding hydrogens is 306 g/mol. The lowest BCUT2D eigenvalue weighted by molar-refractivity contribution is -0.137. The van der Waals surface area contributed by atoms with E-state index in [9.17, 15) is 9.59 Å². The zero-order chi connectivity index (χ0) is 15.2. The molecule has 0 bridgehead atoms. The summed E-state index contributed by atoms with van der Waals surface area (Å²) in [7, 11) is -3.48. The minimum atomic E-state index is -3.48. The number of hydrogen-bond acceptors (Lipinski definition) is 5. The van der Waals surface area contributed by atoms with E-state index < -0.39 is 14.9 Å². The molecule has 0 saturated heterocycles. The molecule has 0 saturated carbocycles. The maximum atomic E-state index is 12.4. The van der Waals surface area contributed by atoms with Crippen molar-refractivity contribution < 1.29 is 22.9 Å². The van der Waals surface area contributed by atoms with Crippen LogP contribution in [0.3, 0.4) is 0 Å². The topological polar surface area (TPSA) is 65.1 Å². The summed E-state index contributed by atoms with van der Waals surface area (Å²) in [5.41, 5.74) is 0.494. The first-order chi connectivity index (χ1) is 9.56. The van der Waals surface area contributed by atoms with Gasteiger partial charge < -0.3 is 13.3 Å². The number of carbonyl (C=O) groups is 2. The van der Waals surface area contributed by atoms with Crippen molar-refractivity contribution in [3.8, 4) is 0 Å². The predicted octanol–water partition coefficient (Wildman–Crippen LogP) is 0.175. The molecule has 0 unspecified atom stereocenters. The van der Waals surface area contributed by atoms with Gasteiger partial charge in [0.25, 0.3) is 11.8 Å². The molecule has 1 rings (SSSR count). The number of nitrogens with zero attached hydrogens (tertiary/aromatic N) is 1. The second-order valence-electron chi connectivity index (χ2n) is 4.22. The molecule has 1 heterocycles. The summed E-state index contributed by atoms with van der Waals surface area (Å²) >= 11 is 0. The second-order valence-corrected chi connectivity index (χ2v) is 6.58. The molecule has 0 aromatic carbocycles. The van der Waals surface area contributed by atoms with E-state index in [0.717, 1.165) is 11.0 Å². The molecule has 8 heteroatoms. The summed E-state index contributed by atoms with van der Waals surface area (Å²) in [6.07, 6.45) is 2.73. The van der Waals surface area contributed by atoms with Crippen LogP contribution in [-0.2, 0) is 22.9 Å². The van der Waals surface area contributed by atoms with E-state index in [-0.39, 0.29) is 16.9 Å². The Kier molecular flexibility index (Phi) is 8.90. The van der Waals surface area contributed by atoms with Crippen molar-refractivity contribution in [3.63, 3.8) is 0 Å². The third-order valence-electron chi connectivity index (χ3n) is 2.77. The van der Waals surface area contributed by atoms with Gasteiger partial charge in [-0.25, -0.2) is 4.57 Å². The van der Waals surface area contributed by atoms with Crippen LogP contribution in [0.1, 0.15) is 40.5 Å². The monoisotopic (exact) mass is 333 g/mol. The van der Waals surface area contributed by atoms with Crippen molar-refractivity contribution in [2.45, 2.75) is 40.5 Å². The zero-order valence-corrected chi connectivity index (χ0v) is 13.6. The Hall–Kier alpha value is -0.806. The van der Waals surface area contributed by atoms with Gasteiger partial charge in [-0.05, 0) is 38.2 Å². The Morgan fingerprint density at radius 2 is 1.48 bits per heavy atom. The Morgan fingerprint density at radius 3 is 1.86 bits per heavy atom. The van der Waals surface area contributed by atoms with Gasteiger partial charge in [-0.15, -0.1) is 0 Å². The molecule has 21 heavy (non-hydrogen) atoms. The molecule has 1 aliphatic heterocycles. The Balaban J connectivity index is 0.00000400. The number of amides is 2. The van der Waals surface area contributed by atoms with Crippen LogP contribution in [0.15, 0.2) is 11.6 Å². The fraction of sp³-hybridized carbons (Fsp3) is 0.692. The molecule has 0 atom stereocenters. The molecule has 0 N–H and O–H groups in total. The lowest BCUT2D eigenvalue weighted by Gasteiger charge is -2.33. The van der Waals surface area contributed by atoms with Gasteiger partial charge in [-0.1, -0.05) is 13.3 Å². The fourth-order valence-corrected chi connectivity index (χ4v) is 4.55. The van der Waals surface area contributed by atoms with Gasteiger partial charge in [-0.2, -0.15) is 0 Å². The molecule has 122 valence electrons. The fourth-order valence-electron chi connectivity index (χ4n) is 2.09. The summed E-state index contributed by atoms with van der Waals surface area (Å²) in [5, 5.41) is 0. The third-order valence-corrected chi connectivity index (χ3v) is 5.70. The molecule has 0 fully saturated rings. The molecule has 0 radical (unpaired) electrons. The highest BCUT2D eigenvalue weighted by Gasteiger charge is 2.57. The maximum absolute atomic E-state index is 12.4. The predicted molar refractivity (Wildman–Crippen MR) is 86.8 cm³/mol. The van der Waals surface area contributed by atoms with Crippen molar-refractivity contribution >= 4 is 31.7 Å². The van der Waals surface area contributed by atoms with Gasteiger partial charge >= 0.3 is 8.97 Å². The van der Waals surface area contributed by atoms with E-state index in [1.54, 1.807) is 20.8 Å². The van der Waals surface area contributed by atoms with Crippen LogP contribution < -0.4 is 0 Å². The first kappa shape index (κ1) is 20.2. The van der Waals surface area contributed by atoms with Crippen LogP contribution in [0, 0.1) is 0 Å². The van der Waals surface area contributed by atoms with E-state index >= 15 is 0 Å². The Labute approximate surface area is 131 Å². The average Bonchev–Trinajstić information content (AvgIpc) is 2.66. The number of imide groups is 1. The zero-order valence-electron chi connectivity index (χ0n) is 12.6. The summed E-state index contributed by atoms with van der Waals surface area (Å²) in [5.74, 6) is -0.751. The first-order valence-electron chi connectivity index (χ1n) is 7.07. The first-order valence-corrected chi connectivity index (χ1v) is 8.74. The van der Waals surface area contributed by atoms with E-state index in [1.165, 1.54) is 6.08 Å². The quantitative estimate of drug-likeness (QED) is 0.445. The SMILES string of the molecule is CCCC1=CC(=O)N([Si](OCC)(OCC)OCC)C1=O.[SiH4]. The van der Waals surface area contributed by atoms with E-state index in [1.807, 2.05) is 6.92 Å². The normalized spacial score (nSPS) is 15.2. The summed E-state index contributed by atoms with van der Waals surface area (Å²) in [6, 6.07) is 0. The Bertz CT molecular complexity index is 383. The highest BCUT2D eigenvalue weighted by atomic mass is 28.4. The molecule has 6 nitrogen and oxygen atoms in total. The van der Waals surface area contributed by atoms with Gasteiger partial charge in [0.05, 0.1) is 0 Å². The second kappa shape index (κ2) is 9.26. The van der Waals surface area contributed by atoms with Crippen molar-refractivity contribution in [2.24, 2.45) is 0 Å². The lowest BCUT2D eigenvalue weighted by Crippen LogP contribution is -2.63. The highest BCUT2D eigenvalue weighted by molar-refractivity contribution is 6.65. The summed E-state index contributed by atoms with van der Waals surface area (Å²) < 4.78 is 17.9. The molecule has 1 aliphatic rings. The molecular formula is C13H27NO5Si2. The minimum absolute atomic E-state index is 0. The molecule has 0 spiro atoms. The largest absolute Gasteiger partial charge is 0.643 e. The third kappa shape index (κ3) is 4.33. The van der Waals surface area contributed by atoms with Crippen molar-refractivity contribution in [2.75, 3.05) is 19.8 Å². The van der Waals surface area contributed by atoms with Crippen LogP contribution in [-0.4, -0.2) is 56.1 Å². The van der Waals surface area contributed by atoms with Gasteiger partial charge in [0, 0.05) is 31.5 Å². The van der Waals surface area contributed by atoms with Crippen LogP contribution in [0.2, 0.25) is 0 Å². The van der Waals surface area contributed by atoms with Gasteiger partial charge in [-0.3, -0.25) is 9.59 Å². The van der Waals surface area contributed by atoms with E-state index in [0.29, 0.717) is 31.8 Å². The maximum Gasteiger partial charge on any atom is 0.643 e. The number of rotatable bonds is 9. The lowest BCUT2D eigenvalue weighted by atomic mass is 10.1. The summed E-state index contributed by atoms with van der Waals surface area (Å²) in [6.45, 7) is 8.24. The minimum Gasteiger partial charge on any atom is -0.356 e. The molecule has 2 amide bonds.